The molecule has 5 rings (SSSR count). The van der Waals surface area contributed by atoms with Crippen LogP contribution in [0.1, 0.15) is 5.76 Å². The predicted molar refractivity (Wildman–Crippen MR) is 113 cm³/mol. The topological polar surface area (TPSA) is 55.4 Å². The van der Waals surface area contributed by atoms with Crippen LogP contribution in [0.3, 0.4) is 0 Å². The Bertz CT molecular complexity index is 1270. The molecule has 0 radical (unpaired) electrons. The van der Waals surface area contributed by atoms with Crippen LogP contribution in [-0.2, 0) is 0 Å². The highest BCUT2D eigenvalue weighted by Crippen LogP contribution is 2.35. The molecule has 3 aromatic heterocycles. The standard InChI is InChI=1S/C21H15ClN4OS/c1-13-10-18-25-19(20(26(18)27-13)14-6-3-2-4-7-14)17-12-28-21(24-17)23-16-9-5-8-15(22)11-16/h2-12H,1H3,(H,23,24). The van der Waals surface area contributed by atoms with Crippen LogP contribution >= 0.6 is 22.9 Å². The van der Waals surface area contributed by atoms with Crippen LogP contribution in [0.25, 0.3) is 28.3 Å². The number of imidazole rings is 1. The van der Waals surface area contributed by atoms with Gasteiger partial charge in [-0.1, -0.05) is 48.0 Å². The van der Waals surface area contributed by atoms with Gasteiger partial charge >= 0.3 is 0 Å². The fourth-order valence-corrected chi connectivity index (χ4v) is 4.02. The maximum absolute atomic E-state index is 6.07. The zero-order valence-corrected chi connectivity index (χ0v) is 16.5. The molecule has 28 heavy (non-hydrogen) atoms. The Hall–Kier alpha value is -3.09. The SMILES string of the molecule is Cc1cc2nc(-c3csc(Nc4cccc(Cl)c4)n3)c(-c3ccccc3)n2o1. The molecule has 0 aliphatic rings. The molecule has 5 nitrogen and oxygen atoms in total. The van der Waals surface area contributed by atoms with Gasteiger partial charge in [-0.25, -0.2) is 9.97 Å². The van der Waals surface area contributed by atoms with E-state index >= 15 is 0 Å². The second-order valence-electron chi connectivity index (χ2n) is 6.35. The second kappa shape index (κ2) is 6.82. The molecule has 0 spiro atoms. The van der Waals surface area contributed by atoms with E-state index in [1.165, 1.54) is 11.3 Å². The first kappa shape index (κ1) is 17.0. The highest BCUT2D eigenvalue weighted by Gasteiger charge is 2.20. The van der Waals surface area contributed by atoms with E-state index < -0.39 is 0 Å². The Morgan fingerprint density at radius 2 is 1.89 bits per heavy atom. The molecule has 0 fully saturated rings. The van der Waals surface area contributed by atoms with Crippen LogP contribution in [0, 0.1) is 6.92 Å². The molecule has 7 heteroatoms. The zero-order chi connectivity index (χ0) is 19.1. The van der Waals surface area contributed by atoms with Crippen molar-refractivity contribution in [2.75, 3.05) is 5.32 Å². The number of hydrogen-bond acceptors (Lipinski definition) is 5. The Labute approximate surface area is 170 Å². The molecule has 0 saturated heterocycles. The Kier molecular flexibility index (Phi) is 4.15. The molecule has 0 atom stereocenters. The molecule has 0 unspecified atom stereocenters. The van der Waals surface area contributed by atoms with Crippen molar-refractivity contribution in [2.45, 2.75) is 6.92 Å². The molecule has 5 aromatic rings. The number of fused-ring (bicyclic) bond motifs is 1. The number of anilines is 2. The van der Waals surface area contributed by atoms with Gasteiger partial charge in [0.1, 0.15) is 22.8 Å². The van der Waals surface area contributed by atoms with Crippen molar-refractivity contribution in [1.29, 1.82) is 0 Å². The summed E-state index contributed by atoms with van der Waals surface area (Å²) in [6, 6.07) is 19.6. The van der Waals surface area contributed by atoms with Crippen LogP contribution in [0.2, 0.25) is 5.02 Å². The van der Waals surface area contributed by atoms with E-state index in [2.05, 4.69) is 5.32 Å². The summed E-state index contributed by atoms with van der Waals surface area (Å²) in [6.07, 6.45) is 0. The predicted octanol–water partition coefficient (Wildman–Crippen LogP) is 6.42. The normalized spacial score (nSPS) is 11.2. The van der Waals surface area contributed by atoms with E-state index in [1.54, 1.807) is 4.57 Å². The monoisotopic (exact) mass is 406 g/mol. The average molecular weight is 407 g/mol. The maximum Gasteiger partial charge on any atom is 0.187 e. The molecule has 2 aromatic carbocycles. The number of nitrogens with one attached hydrogen (secondary N) is 1. The minimum absolute atomic E-state index is 0.679. The van der Waals surface area contributed by atoms with E-state index in [0.717, 1.165) is 44.9 Å². The van der Waals surface area contributed by atoms with Gasteiger partial charge in [0.05, 0.1) is 0 Å². The van der Waals surface area contributed by atoms with Crippen LogP contribution in [0.4, 0.5) is 10.8 Å². The third kappa shape index (κ3) is 3.06. The van der Waals surface area contributed by atoms with Gasteiger partial charge in [-0.15, -0.1) is 11.3 Å². The first-order valence-corrected chi connectivity index (χ1v) is 9.96. The van der Waals surface area contributed by atoms with E-state index in [4.69, 9.17) is 26.1 Å². The Balaban J connectivity index is 1.58. The summed E-state index contributed by atoms with van der Waals surface area (Å²) in [7, 11) is 0. The summed E-state index contributed by atoms with van der Waals surface area (Å²) in [5.74, 6) is 0.813. The van der Waals surface area contributed by atoms with Gasteiger partial charge in [0.25, 0.3) is 0 Å². The van der Waals surface area contributed by atoms with Crippen LogP contribution in [0.5, 0.6) is 0 Å². The number of aryl methyl sites for hydroxylation is 1. The first-order chi connectivity index (χ1) is 13.7. The molecule has 0 saturated carbocycles. The number of benzene rings is 2. The molecule has 0 aliphatic carbocycles. The highest BCUT2D eigenvalue weighted by molar-refractivity contribution is 7.14. The number of hydrogen-bond donors (Lipinski definition) is 1. The molecule has 138 valence electrons. The summed E-state index contributed by atoms with van der Waals surface area (Å²) < 4.78 is 7.64. The molecule has 3 heterocycles. The van der Waals surface area contributed by atoms with Crippen molar-refractivity contribution in [1.82, 2.24) is 14.5 Å². The van der Waals surface area contributed by atoms with Gasteiger partial charge in [0, 0.05) is 27.7 Å². The molecular formula is C21H15ClN4OS. The largest absolute Gasteiger partial charge is 0.378 e. The molecule has 1 N–H and O–H groups in total. The molecule has 0 bridgehead atoms. The molecule has 0 amide bonds. The fraction of sp³-hybridized carbons (Fsp3) is 0.0476. The van der Waals surface area contributed by atoms with Crippen molar-refractivity contribution in [2.24, 2.45) is 0 Å². The van der Waals surface area contributed by atoms with Crippen molar-refractivity contribution >= 4 is 39.4 Å². The molecular weight excluding hydrogens is 392 g/mol. The maximum atomic E-state index is 6.07. The van der Waals surface area contributed by atoms with E-state index in [-0.39, 0.29) is 0 Å². The summed E-state index contributed by atoms with van der Waals surface area (Å²) in [6.45, 7) is 1.92. The quantitative estimate of drug-likeness (QED) is 0.374. The van der Waals surface area contributed by atoms with Crippen molar-refractivity contribution in [3.63, 3.8) is 0 Å². The van der Waals surface area contributed by atoms with Gasteiger partial charge in [0.15, 0.2) is 10.8 Å². The minimum atomic E-state index is 0.679. The number of rotatable bonds is 4. The first-order valence-electron chi connectivity index (χ1n) is 8.71. The van der Waals surface area contributed by atoms with Crippen molar-refractivity contribution in [3.8, 4) is 22.6 Å². The van der Waals surface area contributed by atoms with Crippen molar-refractivity contribution in [3.05, 3.63) is 76.8 Å². The van der Waals surface area contributed by atoms with Gasteiger partial charge in [-0.3, -0.25) is 0 Å². The number of nitrogens with zero attached hydrogens (tertiary/aromatic N) is 3. The van der Waals surface area contributed by atoms with Gasteiger partial charge < -0.3 is 9.84 Å². The van der Waals surface area contributed by atoms with Gasteiger partial charge in [-0.2, -0.15) is 4.57 Å². The lowest BCUT2D eigenvalue weighted by atomic mass is 10.1. The smallest absolute Gasteiger partial charge is 0.187 e. The van der Waals surface area contributed by atoms with E-state index in [1.807, 2.05) is 73.0 Å². The number of thiazole rings is 1. The minimum Gasteiger partial charge on any atom is -0.378 e. The summed E-state index contributed by atoms with van der Waals surface area (Å²) in [4.78, 5) is 9.51. The summed E-state index contributed by atoms with van der Waals surface area (Å²) in [5, 5.41) is 6.74. The van der Waals surface area contributed by atoms with E-state index in [0.29, 0.717) is 5.02 Å². The lowest BCUT2D eigenvalue weighted by Crippen LogP contribution is -1.91. The second-order valence-corrected chi connectivity index (χ2v) is 7.64. The third-order valence-electron chi connectivity index (χ3n) is 4.30. The molecule has 0 aliphatic heterocycles. The summed E-state index contributed by atoms with van der Waals surface area (Å²) in [5.41, 5.74) is 5.17. The van der Waals surface area contributed by atoms with Crippen molar-refractivity contribution < 1.29 is 4.52 Å². The third-order valence-corrected chi connectivity index (χ3v) is 5.29. The Morgan fingerprint density at radius 3 is 2.71 bits per heavy atom. The fourth-order valence-electron chi connectivity index (χ4n) is 3.12. The van der Waals surface area contributed by atoms with Gasteiger partial charge in [0.2, 0.25) is 0 Å². The number of halogens is 1. The van der Waals surface area contributed by atoms with E-state index in [9.17, 15) is 0 Å². The lowest BCUT2D eigenvalue weighted by Gasteiger charge is -2.03. The highest BCUT2D eigenvalue weighted by atomic mass is 35.5. The van der Waals surface area contributed by atoms with Gasteiger partial charge in [-0.05, 0) is 25.1 Å². The summed E-state index contributed by atoms with van der Waals surface area (Å²) >= 11 is 7.59. The Morgan fingerprint density at radius 1 is 1.04 bits per heavy atom. The zero-order valence-electron chi connectivity index (χ0n) is 14.9. The van der Waals surface area contributed by atoms with Crippen LogP contribution in [0.15, 0.2) is 70.6 Å². The van der Waals surface area contributed by atoms with Crippen LogP contribution in [-0.4, -0.2) is 14.5 Å². The van der Waals surface area contributed by atoms with Crippen LogP contribution < -0.4 is 5.32 Å². The average Bonchev–Trinajstić information content (AvgIpc) is 3.36. The number of aromatic nitrogens is 3. The lowest BCUT2D eigenvalue weighted by molar-refractivity contribution is 0.361.